The number of rotatable bonds is 12. The number of benzene rings is 3. The van der Waals surface area contributed by atoms with Gasteiger partial charge in [-0.15, -0.1) is 0 Å². The molecule has 41 heavy (non-hydrogen) atoms. The fourth-order valence-corrected chi connectivity index (χ4v) is 6.37. The molecule has 5 nitrogen and oxygen atoms in total. The van der Waals surface area contributed by atoms with Gasteiger partial charge in [-0.25, -0.2) is 0 Å². The van der Waals surface area contributed by atoms with Gasteiger partial charge in [0.05, 0.1) is 5.41 Å². The first-order valence-electron chi connectivity index (χ1n) is 14.7. The minimum Gasteiger partial charge on any atom is -0.481 e. The number of carbonyl (C=O) groups is 4. The van der Waals surface area contributed by atoms with E-state index < -0.39 is 40.2 Å². The van der Waals surface area contributed by atoms with Crippen molar-refractivity contribution < 1.29 is 24.3 Å². The van der Waals surface area contributed by atoms with Gasteiger partial charge in [-0.1, -0.05) is 112 Å². The summed E-state index contributed by atoms with van der Waals surface area (Å²) in [6, 6.07) is 26.1. The Kier molecular flexibility index (Phi) is 9.37. The van der Waals surface area contributed by atoms with E-state index in [0.717, 1.165) is 5.56 Å². The molecule has 3 atom stereocenters. The van der Waals surface area contributed by atoms with Crippen molar-refractivity contribution in [2.75, 3.05) is 0 Å². The molecule has 5 heteroatoms. The lowest BCUT2D eigenvalue weighted by molar-refractivity contribution is -0.164. The highest BCUT2D eigenvalue weighted by Gasteiger charge is 2.57. The Labute approximate surface area is 243 Å². The summed E-state index contributed by atoms with van der Waals surface area (Å²) >= 11 is 0. The summed E-state index contributed by atoms with van der Waals surface area (Å²) < 4.78 is 0. The van der Waals surface area contributed by atoms with E-state index in [-0.39, 0.29) is 5.78 Å². The van der Waals surface area contributed by atoms with Crippen LogP contribution in [0, 0.1) is 16.7 Å². The number of ketones is 3. The maximum Gasteiger partial charge on any atom is 0.311 e. The van der Waals surface area contributed by atoms with Crippen LogP contribution in [0.1, 0.15) is 92.3 Å². The van der Waals surface area contributed by atoms with Crippen LogP contribution in [-0.2, 0) is 20.8 Å². The maximum atomic E-state index is 13.9. The smallest absolute Gasteiger partial charge is 0.311 e. The van der Waals surface area contributed by atoms with E-state index in [0.29, 0.717) is 61.6 Å². The summed E-state index contributed by atoms with van der Waals surface area (Å²) in [7, 11) is 0. The molecule has 0 radical (unpaired) electrons. The summed E-state index contributed by atoms with van der Waals surface area (Å²) in [5.74, 6) is -3.75. The standard InChI is InChI=1S/C36H40O5/c1-4-35(2,3)33(39)32(38)30-20-11-12-23-36(30,34(40)41)29(22-21-25-14-7-5-8-15-25)27-18-13-19-28(24-27)31(37)26-16-9-6-10-17-26/h5-10,13-19,24,29-30H,4,11-12,20-23H2,1-3H3,(H,40,41)/t29-,30?,36-/m1/s1. The SMILES string of the molecule is CCC(C)(C)C(=O)C(=O)C1CCCC[C@@]1(C(=O)O)[C@H](CCc1ccccc1)c1cccc(C(=O)c2ccccc2)c1. The zero-order valence-electron chi connectivity index (χ0n) is 24.3. The van der Waals surface area contributed by atoms with E-state index in [4.69, 9.17) is 0 Å². The highest BCUT2D eigenvalue weighted by atomic mass is 16.4. The van der Waals surface area contributed by atoms with E-state index in [9.17, 15) is 24.3 Å². The number of aliphatic carboxylic acids is 1. The first-order valence-corrected chi connectivity index (χ1v) is 14.7. The molecule has 214 valence electrons. The second kappa shape index (κ2) is 12.8. The van der Waals surface area contributed by atoms with Crippen molar-refractivity contribution in [1.82, 2.24) is 0 Å². The van der Waals surface area contributed by atoms with Gasteiger partial charge in [0, 0.05) is 28.4 Å². The minimum atomic E-state index is -1.46. The number of aryl methyl sites for hydroxylation is 1. The largest absolute Gasteiger partial charge is 0.481 e. The molecule has 0 spiro atoms. The topological polar surface area (TPSA) is 88.5 Å². The van der Waals surface area contributed by atoms with Crippen molar-refractivity contribution in [1.29, 1.82) is 0 Å². The lowest BCUT2D eigenvalue weighted by Crippen LogP contribution is -2.52. The highest BCUT2D eigenvalue weighted by Crippen LogP contribution is 2.54. The molecule has 1 aliphatic rings. The van der Waals surface area contributed by atoms with Crippen molar-refractivity contribution in [2.24, 2.45) is 16.7 Å². The van der Waals surface area contributed by atoms with Crippen LogP contribution in [0.4, 0.5) is 0 Å². The second-order valence-electron chi connectivity index (χ2n) is 12.0. The average molecular weight is 553 g/mol. The molecule has 3 aromatic carbocycles. The van der Waals surface area contributed by atoms with Crippen LogP contribution in [0.15, 0.2) is 84.9 Å². The summed E-state index contributed by atoms with van der Waals surface area (Å²) in [6.07, 6.45) is 3.58. The summed E-state index contributed by atoms with van der Waals surface area (Å²) in [5.41, 5.74) is 0.485. The Hall–Kier alpha value is -3.86. The van der Waals surface area contributed by atoms with Crippen molar-refractivity contribution in [3.63, 3.8) is 0 Å². The second-order valence-corrected chi connectivity index (χ2v) is 12.0. The van der Waals surface area contributed by atoms with Crippen molar-refractivity contribution >= 4 is 23.3 Å². The number of hydrogen-bond acceptors (Lipinski definition) is 4. The van der Waals surface area contributed by atoms with Gasteiger partial charge in [0.1, 0.15) is 0 Å². The van der Waals surface area contributed by atoms with Gasteiger partial charge in [0.25, 0.3) is 0 Å². The monoisotopic (exact) mass is 552 g/mol. The van der Waals surface area contributed by atoms with E-state index in [1.54, 1.807) is 44.2 Å². The number of carboxylic acid groups (broad SMARTS) is 1. The Balaban J connectivity index is 1.83. The van der Waals surface area contributed by atoms with E-state index in [1.807, 2.05) is 61.5 Å². The minimum absolute atomic E-state index is 0.144. The molecule has 1 aliphatic carbocycles. The maximum absolute atomic E-state index is 13.9. The van der Waals surface area contributed by atoms with Crippen LogP contribution in [0.25, 0.3) is 0 Å². The van der Waals surface area contributed by atoms with E-state index in [2.05, 4.69) is 0 Å². The van der Waals surface area contributed by atoms with Gasteiger partial charge in [-0.3, -0.25) is 19.2 Å². The molecule has 1 saturated carbocycles. The predicted octanol–water partition coefficient (Wildman–Crippen LogP) is 7.47. The van der Waals surface area contributed by atoms with Gasteiger partial charge in [-0.2, -0.15) is 0 Å². The third kappa shape index (κ3) is 6.24. The first-order chi connectivity index (χ1) is 19.6. The molecular formula is C36H40O5. The summed E-state index contributed by atoms with van der Waals surface area (Å²) in [6.45, 7) is 5.38. The highest BCUT2D eigenvalue weighted by molar-refractivity contribution is 6.40. The number of Topliss-reactive ketones (excluding diaryl/α,β-unsaturated/α-hetero) is 2. The zero-order chi connectivity index (χ0) is 29.6. The Morgan fingerprint density at radius 1 is 0.878 bits per heavy atom. The van der Waals surface area contributed by atoms with Crippen molar-refractivity contribution in [3.8, 4) is 0 Å². The Morgan fingerprint density at radius 2 is 1.51 bits per heavy atom. The number of carbonyl (C=O) groups excluding carboxylic acids is 3. The molecule has 0 saturated heterocycles. The molecule has 0 bridgehead atoms. The molecule has 1 unspecified atom stereocenters. The van der Waals surface area contributed by atoms with Gasteiger partial charge >= 0.3 is 5.97 Å². The fourth-order valence-electron chi connectivity index (χ4n) is 6.37. The lowest BCUT2D eigenvalue weighted by Gasteiger charge is -2.46. The van der Waals surface area contributed by atoms with Gasteiger partial charge in [0.15, 0.2) is 5.78 Å². The molecule has 1 N–H and O–H groups in total. The molecule has 1 fully saturated rings. The molecule has 0 aliphatic heterocycles. The molecule has 4 rings (SSSR count). The average Bonchev–Trinajstić information content (AvgIpc) is 3.01. The van der Waals surface area contributed by atoms with Crippen molar-refractivity contribution in [2.45, 2.75) is 71.6 Å². The van der Waals surface area contributed by atoms with Crippen LogP contribution in [-0.4, -0.2) is 28.4 Å². The van der Waals surface area contributed by atoms with Gasteiger partial charge in [-0.05, 0) is 49.3 Å². The Morgan fingerprint density at radius 3 is 2.15 bits per heavy atom. The van der Waals surface area contributed by atoms with Crippen LogP contribution in [0.2, 0.25) is 0 Å². The van der Waals surface area contributed by atoms with Crippen LogP contribution in [0.3, 0.4) is 0 Å². The lowest BCUT2D eigenvalue weighted by atomic mass is 9.55. The fraction of sp³-hybridized carbons (Fsp3) is 0.389. The first kappa shape index (κ1) is 30.1. The summed E-state index contributed by atoms with van der Waals surface area (Å²) in [5, 5.41) is 11.0. The normalized spacial score (nSPS) is 19.7. The zero-order valence-corrected chi connectivity index (χ0v) is 24.3. The molecular weight excluding hydrogens is 512 g/mol. The number of hydrogen-bond donors (Lipinski definition) is 1. The molecule has 0 heterocycles. The quantitative estimate of drug-likeness (QED) is 0.186. The van der Waals surface area contributed by atoms with Crippen LogP contribution >= 0.6 is 0 Å². The Bertz CT molecular complexity index is 1390. The third-order valence-corrected chi connectivity index (χ3v) is 9.17. The number of carboxylic acids is 1. The van der Waals surface area contributed by atoms with E-state index >= 15 is 0 Å². The molecule has 0 amide bonds. The summed E-state index contributed by atoms with van der Waals surface area (Å²) in [4.78, 5) is 54.2. The third-order valence-electron chi connectivity index (χ3n) is 9.17. The molecule has 0 aromatic heterocycles. The van der Waals surface area contributed by atoms with Crippen molar-refractivity contribution in [3.05, 3.63) is 107 Å². The van der Waals surface area contributed by atoms with Gasteiger partial charge < -0.3 is 5.11 Å². The predicted molar refractivity (Wildman–Crippen MR) is 160 cm³/mol. The van der Waals surface area contributed by atoms with Crippen LogP contribution < -0.4 is 0 Å². The van der Waals surface area contributed by atoms with Gasteiger partial charge in [0.2, 0.25) is 11.6 Å². The molecule has 3 aromatic rings. The van der Waals surface area contributed by atoms with E-state index in [1.165, 1.54) is 0 Å². The van der Waals surface area contributed by atoms with Crippen LogP contribution in [0.5, 0.6) is 0 Å².